The van der Waals surface area contributed by atoms with Gasteiger partial charge in [-0.3, -0.25) is 9.69 Å². The van der Waals surface area contributed by atoms with Crippen LogP contribution in [0.25, 0.3) is 0 Å². The number of hydrogen-bond acceptors (Lipinski definition) is 5. The number of anilines is 1. The van der Waals surface area contributed by atoms with Crippen LogP contribution in [0.1, 0.15) is 12.8 Å². The maximum atomic E-state index is 12.3. The van der Waals surface area contributed by atoms with Crippen molar-refractivity contribution in [3.8, 4) is 5.75 Å². The van der Waals surface area contributed by atoms with Crippen LogP contribution in [0, 0.1) is 0 Å². The average molecular weight is 376 g/mol. The summed E-state index contributed by atoms with van der Waals surface area (Å²) in [5.41, 5.74) is 0.816. The maximum Gasteiger partial charge on any atom is 0.315 e. The van der Waals surface area contributed by atoms with Crippen LogP contribution < -0.4 is 20.3 Å². The number of carbonyl (C=O) groups is 2. The van der Waals surface area contributed by atoms with Crippen molar-refractivity contribution < 1.29 is 19.1 Å². The van der Waals surface area contributed by atoms with Crippen molar-refractivity contribution in [1.82, 2.24) is 15.5 Å². The third-order valence-electron chi connectivity index (χ3n) is 4.88. The first-order valence-corrected chi connectivity index (χ1v) is 9.44. The predicted molar refractivity (Wildman–Crippen MR) is 102 cm³/mol. The number of nitrogens with zero attached hydrogens (tertiary/aromatic N) is 2. The first kappa shape index (κ1) is 19.4. The number of amides is 3. The molecule has 148 valence electrons. The van der Waals surface area contributed by atoms with Crippen molar-refractivity contribution in [3.05, 3.63) is 24.3 Å². The van der Waals surface area contributed by atoms with Gasteiger partial charge in [0.15, 0.2) is 0 Å². The highest BCUT2D eigenvalue weighted by Gasteiger charge is 2.31. The van der Waals surface area contributed by atoms with Crippen LogP contribution >= 0.6 is 0 Å². The molecule has 0 unspecified atom stereocenters. The summed E-state index contributed by atoms with van der Waals surface area (Å²) in [6, 6.07) is 6.95. The third kappa shape index (κ3) is 5.58. The van der Waals surface area contributed by atoms with Gasteiger partial charge in [-0.05, 0) is 37.2 Å². The second-order valence-corrected chi connectivity index (χ2v) is 6.81. The summed E-state index contributed by atoms with van der Waals surface area (Å²) < 4.78 is 10.5. The van der Waals surface area contributed by atoms with Crippen LogP contribution in [0.4, 0.5) is 10.5 Å². The lowest BCUT2D eigenvalue weighted by Gasteiger charge is -2.26. The number of ether oxygens (including phenoxy) is 2. The molecule has 0 bridgehead atoms. The Morgan fingerprint density at radius 2 is 2.00 bits per heavy atom. The van der Waals surface area contributed by atoms with E-state index in [1.165, 1.54) is 0 Å². The van der Waals surface area contributed by atoms with E-state index in [1.807, 2.05) is 24.3 Å². The molecule has 2 fully saturated rings. The van der Waals surface area contributed by atoms with E-state index in [0.29, 0.717) is 19.5 Å². The molecule has 3 amide bonds. The summed E-state index contributed by atoms with van der Waals surface area (Å²) in [6.45, 7) is 5.53. The van der Waals surface area contributed by atoms with Crippen LogP contribution in [-0.4, -0.2) is 75.9 Å². The molecule has 2 N–H and O–H groups in total. The van der Waals surface area contributed by atoms with Crippen LogP contribution in [0.2, 0.25) is 0 Å². The van der Waals surface area contributed by atoms with Gasteiger partial charge in [0.2, 0.25) is 5.91 Å². The molecule has 0 saturated carbocycles. The Morgan fingerprint density at radius 3 is 2.70 bits per heavy atom. The largest absolute Gasteiger partial charge is 0.497 e. The predicted octanol–water partition coefficient (Wildman–Crippen LogP) is 0.822. The highest BCUT2D eigenvalue weighted by molar-refractivity contribution is 5.96. The Bertz CT molecular complexity index is 631. The second-order valence-electron chi connectivity index (χ2n) is 6.81. The first-order chi connectivity index (χ1) is 13.2. The van der Waals surface area contributed by atoms with Gasteiger partial charge in [-0.15, -0.1) is 0 Å². The highest BCUT2D eigenvalue weighted by Crippen LogP contribution is 2.24. The lowest BCUT2D eigenvalue weighted by Crippen LogP contribution is -2.44. The molecule has 2 aliphatic heterocycles. The van der Waals surface area contributed by atoms with E-state index in [-0.39, 0.29) is 18.0 Å². The van der Waals surface area contributed by atoms with Crippen LogP contribution in [0.5, 0.6) is 5.75 Å². The zero-order valence-electron chi connectivity index (χ0n) is 15.8. The van der Waals surface area contributed by atoms with E-state index in [4.69, 9.17) is 9.47 Å². The minimum absolute atomic E-state index is 0.0118. The Hall–Kier alpha value is -2.32. The number of carbonyl (C=O) groups excluding carboxylic acids is 2. The van der Waals surface area contributed by atoms with Crippen molar-refractivity contribution in [3.63, 3.8) is 0 Å². The Balaban J connectivity index is 1.37. The number of urea groups is 1. The second kappa shape index (κ2) is 9.57. The fraction of sp³-hybridized carbons (Fsp3) is 0.579. The van der Waals surface area contributed by atoms with Crippen LogP contribution in [0.15, 0.2) is 24.3 Å². The molecule has 2 heterocycles. The molecule has 1 aromatic rings. The van der Waals surface area contributed by atoms with Gasteiger partial charge in [0.05, 0.1) is 26.4 Å². The van der Waals surface area contributed by atoms with Gasteiger partial charge in [0.1, 0.15) is 5.75 Å². The monoisotopic (exact) mass is 376 g/mol. The molecule has 1 atom stereocenters. The van der Waals surface area contributed by atoms with Gasteiger partial charge >= 0.3 is 6.03 Å². The Kier molecular flexibility index (Phi) is 6.89. The highest BCUT2D eigenvalue weighted by atomic mass is 16.5. The minimum atomic E-state index is -0.216. The molecule has 2 aliphatic rings. The Labute approximate surface area is 159 Å². The van der Waals surface area contributed by atoms with Crippen molar-refractivity contribution in [1.29, 1.82) is 0 Å². The SMILES string of the molecule is COc1ccc(N2C[C@@H](NC(=O)NCCCN3CCOCC3)CC2=O)cc1. The third-order valence-corrected chi connectivity index (χ3v) is 4.88. The lowest BCUT2D eigenvalue weighted by atomic mass is 10.2. The molecular formula is C19H28N4O4. The van der Waals surface area contributed by atoms with E-state index >= 15 is 0 Å². The summed E-state index contributed by atoms with van der Waals surface area (Å²) in [5.74, 6) is 0.759. The maximum absolute atomic E-state index is 12.3. The zero-order chi connectivity index (χ0) is 19.1. The minimum Gasteiger partial charge on any atom is -0.497 e. The van der Waals surface area contributed by atoms with Gasteiger partial charge < -0.3 is 25.0 Å². The van der Waals surface area contributed by atoms with Gasteiger partial charge in [-0.2, -0.15) is 0 Å². The molecular weight excluding hydrogens is 348 g/mol. The normalized spacial score (nSPS) is 20.6. The van der Waals surface area contributed by atoms with Crippen molar-refractivity contribution in [2.75, 3.05) is 57.9 Å². The summed E-state index contributed by atoms with van der Waals surface area (Å²) in [4.78, 5) is 28.4. The van der Waals surface area contributed by atoms with Gasteiger partial charge in [0, 0.05) is 38.3 Å². The summed E-state index contributed by atoms with van der Waals surface area (Å²) >= 11 is 0. The van der Waals surface area contributed by atoms with Gasteiger partial charge in [-0.25, -0.2) is 4.79 Å². The van der Waals surface area contributed by atoms with E-state index in [9.17, 15) is 9.59 Å². The number of benzene rings is 1. The fourth-order valence-electron chi connectivity index (χ4n) is 3.38. The molecule has 1 aromatic carbocycles. The molecule has 8 nitrogen and oxygen atoms in total. The number of rotatable bonds is 7. The van der Waals surface area contributed by atoms with Crippen molar-refractivity contribution in [2.24, 2.45) is 0 Å². The standard InChI is InChI=1S/C19H28N4O4/c1-26-17-5-3-16(4-6-17)23-14-15(13-18(23)24)21-19(25)20-7-2-8-22-9-11-27-12-10-22/h3-6,15H,2,7-14H2,1H3,(H2,20,21,25)/t15-/m0/s1. The number of nitrogens with one attached hydrogen (secondary N) is 2. The number of morpholine rings is 1. The topological polar surface area (TPSA) is 83.1 Å². The number of methoxy groups -OCH3 is 1. The molecule has 0 aromatic heterocycles. The molecule has 8 heteroatoms. The van der Waals surface area contributed by atoms with Crippen LogP contribution in [-0.2, 0) is 9.53 Å². The Morgan fingerprint density at radius 1 is 1.26 bits per heavy atom. The van der Waals surface area contributed by atoms with Gasteiger partial charge in [0.25, 0.3) is 0 Å². The molecule has 27 heavy (non-hydrogen) atoms. The van der Waals surface area contributed by atoms with Crippen molar-refractivity contribution in [2.45, 2.75) is 18.9 Å². The average Bonchev–Trinajstić information content (AvgIpc) is 3.06. The quantitative estimate of drug-likeness (QED) is 0.689. The summed E-state index contributed by atoms with van der Waals surface area (Å²) in [5, 5.41) is 5.78. The van der Waals surface area contributed by atoms with E-state index < -0.39 is 0 Å². The van der Waals surface area contributed by atoms with E-state index in [1.54, 1.807) is 12.0 Å². The smallest absolute Gasteiger partial charge is 0.315 e. The summed E-state index contributed by atoms with van der Waals surface area (Å²) in [6.07, 6.45) is 1.21. The van der Waals surface area contributed by atoms with Crippen LogP contribution in [0.3, 0.4) is 0 Å². The summed E-state index contributed by atoms with van der Waals surface area (Å²) in [7, 11) is 1.61. The fourth-order valence-corrected chi connectivity index (χ4v) is 3.38. The molecule has 0 radical (unpaired) electrons. The molecule has 3 rings (SSSR count). The first-order valence-electron chi connectivity index (χ1n) is 9.44. The molecule has 0 spiro atoms. The molecule has 0 aliphatic carbocycles. The molecule has 2 saturated heterocycles. The van der Waals surface area contributed by atoms with E-state index in [2.05, 4.69) is 15.5 Å². The van der Waals surface area contributed by atoms with Gasteiger partial charge in [-0.1, -0.05) is 0 Å². The number of hydrogen-bond donors (Lipinski definition) is 2. The zero-order valence-corrected chi connectivity index (χ0v) is 15.8. The lowest BCUT2D eigenvalue weighted by molar-refractivity contribution is -0.117. The van der Waals surface area contributed by atoms with Crippen molar-refractivity contribution >= 4 is 17.6 Å². The van der Waals surface area contributed by atoms with E-state index in [0.717, 1.165) is 50.7 Å².